The largest absolute Gasteiger partial charge is 0.493 e. The zero-order valence-electron chi connectivity index (χ0n) is 11.0. The lowest BCUT2D eigenvalue weighted by Crippen LogP contribution is -2.18. The molecule has 5 heteroatoms. The van der Waals surface area contributed by atoms with Crippen LogP contribution in [0.15, 0.2) is 12.1 Å². The smallest absolute Gasteiger partial charge is 0.164 e. The van der Waals surface area contributed by atoms with E-state index in [0.717, 1.165) is 17.1 Å². The van der Waals surface area contributed by atoms with Crippen molar-refractivity contribution in [2.75, 3.05) is 25.7 Å². The van der Waals surface area contributed by atoms with Crippen molar-refractivity contribution in [2.24, 2.45) is 5.73 Å². The van der Waals surface area contributed by atoms with Crippen molar-refractivity contribution < 1.29 is 9.47 Å². The van der Waals surface area contributed by atoms with E-state index >= 15 is 0 Å². The highest BCUT2D eigenvalue weighted by molar-refractivity contribution is 7.98. The van der Waals surface area contributed by atoms with Gasteiger partial charge < -0.3 is 15.2 Å². The second-order valence-corrected chi connectivity index (χ2v) is 5.54. The van der Waals surface area contributed by atoms with Crippen LogP contribution in [0.5, 0.6) is 11.5 Å². The van der Waals surface area contributed by atoms with Gasteiger partial charge in [0.25, 0.3) is 0 Å². The summed E-state index contributed by atoms with van der Waals surface area (Å²) < 4.78 is 11.1. The summed E-state index contributed by atoms with van der Waals surface area (Å²) in [6.07, 6.45) is 2.76. The molecule has 0 fully saturated rings. The van der Waals surface area contributed by atoms with Crippen LogP contribution in [-0.4, -0.2) is 31.8 Å². The van der Waals surface area contributed by atoms with E-state index in [4.69, 9.17) is 26.8 Å². The SMILES string of the molecule is COc1cc(Cl)cc(CC(C)N)c1OCCSC. The first-order valence-corrected chi connectivity index (χ1v) is 7.59. The lowest BCUT2D eigenvalue weighted by atomic mass is 10.1. The minimum absolute atomic E-state index is 0.0519. The molecule has 0 aliphatic heterocycles. The standard InChI is InChI=1S/C13H20ClNO2S/c1-9(15)6-10-7-11(14)8-12(16-2)13(10)17-4-5-18-3/h7-9H,4-6,15H2,1-3H3. The van der Waals surface area contributed by atoms with Crippen LogP contribution in [0.3, 0.4) is 0 Å². The van der Waals surface area contributed by atoms with Gasteiger partial charge in [0.15, 0.2) is 11.5 Å². The van der Waals surface area contributed by atoms with Crippen LogP contribution in [-0.2, 0) is 6.42 Å². The minimum atomic E-state index is 0.0519. The molecule has 18 heavy (non-hydrogen) atoms. The van der Waals surface area contributed by atoms with Gasteiger partial charge in [-0.15, -0.1) is 0 Å². The Morgan fingerprint density at radius 3 is 2.72 bits per heavy atom. The van der Waals surface area contributed by atoms with Crippen LogP contribution in [0.1, 0.15) is 12.5 Å². The molecule has 0 spiro atoms. The maximum atomic E-state index is 6.07. The molecule has 0 bridgehead atoms. The van der Waals surface area contributed by atoms with Gasteiger partial charge in [-0.1, -0.05) is 11.6 Å². The lowest BCUT2D eigenvalue weighted by Gasteiger charge is -2.16. The number of nitrogens with two attached hydrogens (primary N) is 1. The van der Waals surface area contributed by atoms with Crippen LogP contribution in [0.25, 0.3) is 0 Å². The molecule has 2 N–H and O–H groups in total. The molecule has 0 radical (unpaired) electrons. The summed E-state index contributed by atoms with van der Waals surface area (Å²) >= 11 is 7.81. The van der Waals surface area contributed by atoms with Crippen molar-refractivity contribution in [1.29, 1.82) is 0 Å². The molecule has 0 amide bonds. The van der Waals surface area contributed by atoms with Crippen molar-refractivity contribution >= 4 is 23.4 Å². The summed E-state index contributed by atoms with van der Waals surface area (Å²) in [5.41, 5.74) is 6.84. The number of hydrogen-bond acceptors (Lipinski definition) is 4. The Morgan fingerprint density at radius 2 is 2.17 bits per heavy atom. The predicted molar refractivity (Wildman–Crippen MR) is 79.2 cm³/mol. The molecule has 0 heterocycles. The van der Waals surface area contributed by atoms with E-state index in [-0.39, 0.29) is 6.04 Å². The molecule has 0 saturated carbocycles. The van der Waals surface area contributed by atoms with Gasteiger partial charge in [0.1, 0.15) is 0 Å². The van der Waals surface area contributed by atoms with E-state index in [1.807, 2.05) is 19.2 Å². The highest BCUT2D eigenvalue weighted by Gasteiger charge is 2.14. The van der Waals surface area contributed by atoms with Gasteiger partial charge in [-0.2, -0.15) is 11.8 Å². The molecular formula is C13H20ClNO2S. The molecule has 1 aromatic rings. The van der Waals surface area contributed by atoms with E-state index in [0.29, 0.717) is 23.8 Å². The van der Waals surface area contributed by atoms with Crippen molar-refractivity contribution in [3.63, 3.8) is 0 Å². The first-order chi connectivity index (χ1) is 8.58. The second-order valence-electron chi connectivity index (χ2n) is 4.12. The molecular weight excluding hydrogens is 270 g/mol. The summed E-state index contributed by atoms with van der Waals surface area (Å²) in [5, 5.41) is 0.639. The topological polar surface area (TPSA) is 44.5 Å². The van der Waals surface area contributed by atoms with E-state index in [2.05, 4.69) is 0 Å². The molecule has 0 aliphatic rings. The van der Waals surface area contributed by atoms with Gasteiger partial charge in [0.05, 0.1) is 13.7 Å². The minimum Gasteiger partial charge on any atom is -0.493 e. The Labute approximate surface area is 118 Å². The third-order valence-electron chi connectivity index (χ3n) is 2.39. The van der Waals surface area contributed by atoms with Gasteiger partial charge in [-0.25, -0.2) is 0 Å². The number of hydrogen-bond donors (Lipinski definition) is 1. The number of methoxy groups -OCH3 is 1. The molecule has 102 valence electrons. The Morgan fingerprint density at radius 1 is 1.44 bits per heavy atom. The summed E-state index contributed by atoms with van der Waals surface area (Å²) in [6, 6.07) is 3.71. The first kappa shape index (κ1) is 15.5. The number of thioether (sulfide) groups is 1. The first-order valence-electron chi connectivity index (χ1n) is 5.82. The van der Waals surface area contributed by atoms with E-state index in [1.54, 1.807) is 24.9 Å². The zero-order valence-corrected chi connectivity index (χ0v) is 12.6. The van der Waals surface area contributed by atoms with E-state index in [9.17, 15) is 0 Å². The zero-order chi connectivity index (χ0) is 13.5. The van der Waals surface area contributed by atoms with Gasteiger partial charge in [-0.3, -0.25) is 0 Å². The van der Waals surface area contributed by atoms with Crippen molar-refractivity contribution in [2.45, 2.75) is 19.4 Å². The molecule has 0 saturated heterocycles. The average molecular weight is 290 g/mol. The van der Waals surface area contributed by atoms with Gasteiger partial charge in [0.2, 0.25) is 0 Å². The lowest BCUT2D eigenvalue weighted by molar-refractivity contribution is 0.310. The fourth-order valence-corrected chi connectivity index (χ4v) is 2.14. The Hall–Kier alpha value is -0.580. The Kier molecular flexibility index (Phi) is 6.68. The molecule has 3 nitrogen and oxygen atoms in total. The highest BCUT2D eigenvalue weighted by Crippen LogP contribution is 2.35. The maximum absolute atomic E-state index is 6.07. The van der Waals surface area contributed by atoms with Crippen LogP contribution in [0, 0.1) is 0 Å². The number of ether oxygens (including phenoxy) is 2. The number of benzene rings is 1. The van der Waals surface area contributed by atoms with Crippen molar-refractivity contribution in [1.82, 2.24) is 0 Å². The van der Waals surface area contributed by atoms with Crippen LogP contribution >= 0.6 is 23.4 Å². The Balaban J connectivity index is 2.99. The second kappa shape index (κ2) is 7.77. The molecule has 0 aliphatic carbocycles. The summed E-state index contributed by atoms with van der Waals surface area (Å²) in [7, 11) is 1.61. The van der Waals surface area contributed by atoms with E-state index in [1.165, 1.54) is 0 Å². The highest BCUT2D eigenvalue weighted by atomic mass is 35.5. The van der Waals surface area contributed by atoms with Gasteiger partial charge in [-0.05, 0) is 25.7 Å². The number of halogens is 1. The summed E-state index contributed by atoms with van der Waals surface area (Å²) in [5.74, 6) is 2.36. The summed E-state index contributed by atoms with van der Waals surface area (Å²) in [4.78, 5) is 0. The van der Waals surface area contributed by atoms with Crippen LogP contribution < -0.4 is 15.2 Å². The summed E-state index contributed by atoms with van der Waals surface area (Å²) in [6.45, 7) is 2.60. The third kappa shape index (κ3) is 4.59. The molecule has 1 atom stereocenters. The average Bonchev–Trinajstić information content (AvgIpc) is 2.30. The molecule has 1 unspecified atom stereocenters. The molecule has 1 aromatic carbocycles. The monoisotopic (exact) mass is 289 g/mol. The van der Waals surface area contributed by atoms with Crippen LogP contribution in [0.2, 0.25) is 5.02 Å². The normalized spacial score (nSPS) is 12.3. The van der Waals surface area contributed by atoms with Crippen LogP contribution in [0.4, 0.5) is 0 Å². The van der Waals surface area contributed by atoms with Gasteiger partial charge >= 0.3 is 0 Å². The van der Waals surface area contributed by atoms with Gasteiger partial charge in [0, 0.05) is 28.4 Å². The van der Waals surface area contributed by atoms with Crippen molar-refractivity contribution in [3.8, 4) is 11.5 Å². The molecule has 0 aromatic heterocycles. The van der Waals surface area contributed by atoms with Crippen molar-refractivity contribution in [3.05, 3.63) is 22.7 Å². The fraction of sp³-hybridized carbons (Fsp3) is 0.538. The Bertz CT molecular complexity index is 385. The molecule has 1 rings (SSSR count). The maximum Gasteiger partial charge on any atom is 0.164 e. The predicted octanol–water partition coefficient (Wildman–Crippen LogP) is 2.98. The fourth-order valence-electron chi connectivity index (χ4n) is 1.66. The van der Waals surface area contributed by atoms with E-state index < -0.39 is 0 Å². The number of rotatable bonds is 7. The third-order valence-corrected chi connectivity index (χ3v) is 3.19. The quantitative estimate of drug-likeness (QED) is 0.784.